The maximum atomic E-state index is 4.11. The van der Waals surface area contributed by atoms with E-state index in [1.807, 2.05) is 13.1 Å². The number of allylic oxidation sites excluding steroid dienone is 2. The summed E-state index contributed by atoms with van der Waals surface area (Å²) in [6.45, 7) is 14.3. The fourth-order valence-electron chi connectivity index (χ4n) is 1.37. The lowest BCUT2D eigenvalue weighted by atomic mass is 9.92. The number of H-pyrrole nitrogens is 1. The number of aromatic amines is 1. The van der Waals surface area contributed by atoms with Crippen LogP contribution in [0.3, 0.4) is 0 Å². The second kappa shape index (κ2) is 4.27. The van der Waals surface area contributed by atoms with Gasteiger partial charge in [-0.25, -0.2) is 0 Å². The Bertz CT molecular complexity index is 347. The van der Waals surface area contributed by atoms with Crippen molar-refractivity contribution in [3.8, 4) is 0 Å². The highest BCUT2D eigenvalue weighted by Crippen LogP contribution is 2.27. The van der Waals surface area contributed by atoms with E-state index < -0.39 is 0 Å². The van der Waals surface area contributed by atoms with Crippen LogP contribution in [0.4, 0.5) is 0 Å². The van der Waals surface area contributed by atoms with E-state index in [1.165, 1.54) is 0 Å². The molecule has 1 N–H and O–H groups in total. The summed E-state index contributed by atoms with van der Waals surface area (Å²) in [6, 6.07) is 0. The molecule has 2 nitrogen and oxygen atoms in total. The second-order valence-corrected chi connectivity index (χ2v) is 3.77. The van der Waals surface area contributed by atoms with Crippen LogP contribution in [0.1, 0.15) is 38.4 Å². The Morgan fingerprint density at radius 1 is 1.57 bits per heavy atom. The summed E-state index contributed by atoms with van der Waals surface area (Å²) in [5.74, 6) is 0.491. The van der Waals surface area contributed by atoms with Gasteiger partial charge in [0, 0.05) is 5.56 Å². The molecule has 0 bridgehead atoms. The molecule has 1 heterocycles. The molecule has 0 saturated heterocycles. The molecular formula is C12H18N2. The van der Waals surface area contributed by atoms with Gasteiger partial charge in [0.25, 0.3) is 0 Å². The largest absolute Gasteiger partial charge is 0.278 e. The quantitative estimate of drug-likeness (QED) is 0.773. The molecule has 1 unspecified atom stereocenters. The van der Waals surface area contributed by atoms with Crippen molar-refractivity contribution in [1.29, 1.82) is 0 Å². The number of nitrogens with zero attached hydrogens (tertiary/aromatic N) is 1. The van der Waals surface area contributed by atoms with Crippen LogP contribution in [0.25, 0.3) is 11.1 Å². The molecule has 1 aromatic rings. The molecule has 0 amide bonds. The van der Waals surface area contributed by atoms with Gasteiger partial charge in [-0.2, -0.15) is 5.10 Å². The number of aromatic nitrogens is 2. The average Bonchev–Trinajstić information content (AvgIpc) is 2.63. The molecule has 1 rings (SSSR count). The van der Waals surface area contributed by atoms with E-state index in [-0.39, 0.29) is 0 Å². The van der Waals surface area contributed by atoms with Crippen LogP contribution in [-0.2, 0) is 0 Å². The standard InChI is InChI=1S/C12H18N2/c1-6-9(4)10(5)11-7-13-14-12(11)8(2)3/h7,9H,2,5-6H2,1,3-4H3,(H,13,14). The summed E-state index contributed by atoms with van der Waals surface area (Å²) in [4.78, 5) is 0. The van der Waals surface area contributed by atoms with E-state index in [4.69, 9.17) is 0 Å². The van der Waals surface area contributed by atoms with Gasteiger partial charge in [0.2, 0.25) is 0 Å². The molecule has 14 heavy (non-hydrogen) atoms. The Morgan fingerprint density at radius 3 is 2.71 bits per heavy atom. The molecule has 2 heteroatoms. The molecular weight excluding hydrogens is 172 g/mol. The van der Waals surface area contributed by atoms with Crippen molar-refractivity contribution < 1.29 is 0 Å². The third-order valence-corrected chi connectivity index (χ3v) is 2.62. The summed E-state index contributed by atoms with van der Waals surface area (Å²) in [5, 5.41) is 6.99. The smallest absolute Gasteiger partial charge is 0.0676 e. The SMILES string of the molecule is C=C(C)c1[nH]ncc1C(=C)C(C)CC. The van der Waals surface area contributed by atoms with Crippen LogP contribution in [0.2, 0.25) is 0 Å². The highest BCUT2D eigenvalue weighted by Gasteiger charge is 2.13. The van der Waals surface area contributed by atoms with E-state index in [0.29, 0.717) is 5.92 Å². The van der Waals surface area contributed by atoms with Gasteiger partial charge in [-0.05, 0) is 30.4 Å². The van der Waals surface area contributed by atoms with Gasteiger partial charge in [-0.3, -0.25) is 5.10 Å². The van der Waals surface area contributed by atoms with Crippen LogP contribution in [-0.4, -0.2) is 10.2 Å². The van der Waals surface area contributed by atoms with Crippen LogP contribution >= 0.6 is 0 Å². The van der Waals surface area contributed by atoms with Crippen LogP contribution < -0.4 is 0 Å². The average molecular weight is 190 g/mol. The van der Waals surface area contributed by atoms with Gasteiger partial charge >= 0.3 is 0 Å². The van der Waals surface area contributed by atoms with Crippen molar-refractivity contribution in [2.75, 3.05) is 0 Å². The van der Waals surface area contributed by atoms with Crippen molar-refractivity contribution in [2.45, 2.75) is 27.2 Å². The van der Waals surface area contributed by atoms with Gasteiger partial charge in [-0.15, -0.1) is 0 Å². The highest BCUT2D eigenvalue weighted by molar-refractivity contribution is 5.75. The first-order valence-electron chi connectivity index (χ1n) is 4.96. The molecule has 0 aromatic carbocycles. The van der Waals surface area contributed by atoms with Crippen molar-refractivity contribution >= 4 is 11.1 Å². The number of hydrogen-bond acceptors (Lipinski definition) is 1. The molecule has 0 aliphatic rings. The lowest BCUT2D eigenvalue weighted by Crippen LogP contribution is -1.97. The molecule has 76 valence electrons. The van der Waals surface area contributed by atoms with Crippen molar-refractivity contribution in [2.24, 2.45) is 5.92 Å². The molecule has 0 aliphatic heterocycles. The lowest BCUT2D eigenvalue weighted by Gasteiger charge is -2.12. The summed E-state index contributed by atoms with van der Waals surface area (Å²) < 4.78 is 0. The first kappa shape index (κ1) is 10.8. The van der Waals surface area contributed by atoms with Crippen LogP contribution in [0.5, 0.6) is 0 Å². The first-order chi connectivity index (χ1) is 6.57. The summed E-state index contributed by atoms with van der Waals surface area (Å²) in [5.41, 5.74) is 4.25. The minimum atomic E-state index is 0.491. The minimum Gasteiger partial charge on any atom is -0.278 e. The molecule has 1 aromatic heterocycles. The molecule has 0 saturated carbocycles. The number of hydrogen-bond donors (Lipinski definition) is 1. The monoisotopic (exact) mass is 190 g/mol. The second-order valence-electron chi connectivity index (χ2n) is 3.77. The number of nitrogens with one attached hydrogen (secondary N) is 1. The zero-order valence-electron chi connectivity index (χ0n) is 9.22. The molecule has 0 aliphatic carbocycles. The van der Waals surface area contributed by atoms with Crippen LogP contribution in [0.15, 0.2) is 19.4 Å². The summed E-state index contributed by atoms with van der Waals surface area (Å²) in [7, 11) is 0. The van der Waals surface area contributed by atoms with Gasteiger partial charge < -0.3 is 0 Å². The number of rotatable bonds is 4. The lowest BCUT2D eigenvalue weighted by molar-refractivity contribution is 0.719. The van der Waals surface area contributed by atoms with Crippen molar-refractivity contribution in [1.82, 2.24) is 10.2 Å². The predicted octanol–water partition coefficient (Wildman–Crippen LogP) is 3.50. The molecule has 1 atom stereocenters. The van der Waals surface area contributed by atoms with E-state index in [9.17, 15) is 0 Å². The Kier molecular flexibility index (Phi) is 3.28. The van der Waals surface area contributed by atoms with Gasteiger partial charge in [-0.1, -0.05) is 27.0 Å². The third-order valence-electron chi connectivity index (χ3n) is 2.62. The van der Waals surface area contributed by atoms with E-state index in [1.54, 1.807) is 0 Å². The third kappa shape index (κ3) is 1.95. The fraction of sp³-hybridized carbons (Fsp3) is 0.417. The Balaban J connectivity index is 3.01. The van der Waals surface area contributed by atoms with Gasteiger partial charge in [0.1, 0.15) is 0 Å². The molecule has 0 radical (unpaired) electrons. The Labute approximate surface area is 85.7 Å². The zero-order chi connectivity index (χ0) is 10.7. The van der Waals surface area contributed by atoms with Crippen molar-refractivity contribution in [3.05, 3.63) is 30.6 Å². The summed E-state index contributed by atoms with van der Waals surface area (Å²) in [6.07, 6.45) is 2.93. The Hall–Kier alpha value is -1.31. The summed E-state index contributed by atoms with van der Waals surface area (Å²) >= 11 is 0. The predicted molar refractivity (Wildman–Crippen MR) is 61.8 cm³/mol. The molecule has 0 spiro atoms. The fourth-order valence-corrected chi connectivity index (χ4v) is 1.37. The van der Waals surface area contributed by atoms with E-state index in [0.717, 1.165) is 28.8 Å². The topological polar surface area (TPSA) is 28.7 Å². The van der Waals surface area contributed by atoms with Gasteiger partial charge in [0.05, 0.1) is 11.9 Å². The highest BCUT2D eigenvalue weighted by atomic mass is 15.1. The normalized spacial score (nSPS) is 12.5. The molecule has 0 fully saturated rings. The minimum absolute atomic E-state index is 0.491. The van der Waals surface area contributed by atoms with Crippen LogP contribution in [0, 0.1) is 5.92 Å². The first-order valence-corrected chi connectivity index (χ1v) is 4.96. The van der Waals surface area contributed by atoms with E-state index >= 15 is 0 Å². The van der Waals surface area contributed by atoms with E-state index in [2.05, 4.69) is 37.2 Å². The zero-order valence-corrected chi connectivity index (χ0v) is 9.22. The van der Waals surface area contributed by atoms with Gasteiger partial charge in [0.15, 0.2) is 0 Å². The maximum absolute atomic E-state index is 4.11. The maximum Gasteiger partial charge on any atom is 0.0676 e. The van der Waals surface area contributed by atoms with Crippen molar-refractivity contribution in [3.63, 3.8) is 0 Å². The Morgan fingerprint density at radius 2 is 2.21 bits per heavy atom.